The molecule has 0 heterocycles. The number of hydrogen-bond acceptors (Lipinski definition) is 4. The van der Waals surface area contributed by atoms with E-state index in [1.165, 1.54) is 0 Å². The topological polar surface area (TPSA) is 50.7 Å². The Hall–Kier alpha value is -3.11. The zero-order valence-electron chi connectivity index (χ0n) is 13.2. The average molecular weight is 351 g/mol. The maximum Gasteiger partial charge on any atom is 0.345 e. The van der Waals surface area contributed by atoms with E-state index >= 15 is 0 Å². The number of rotatable bonds is 5. The number of nitrogens with zero attached hydrogens (tertiary/aromatic N) is 1. The number of nitrogens with one attached hydrogen (secondary N) is 1. The van der Waals surface area contributed by atoms with E-state index in [4.69, 9.17) is 16.3 Å². The first-order valence-electron chi connectivity index (χ1n) is 7.63. The van der Waals surface area contributed by atoms with Crippen molar-refractivity contribution < 1.29 is 9.53 Å². The minimum Gasteiger partial charge on any atom is -0.423 e. The first-order valence-corrected chi connectivity index (χ1v) is 8.01. The SMILES string of the molecule is O=C(Oc1ccc(/C=N\Nc2ccccc2)cc1)c1ccccc1Cl. The molecule has 0 amide bonds. The molecule has 1 N–H and O–H groups in total. The lowest BCUT2D eigenvalue weighted by Gasteiger charge is -2.06. The van der Waals surface area contributed by atoms with E-state index in [0.717, 1.165) is 11.3 Å². The van der Waals surface area contributed by atoms with E-state index < -0.39 is 5.97 Å². The van der Waals surface area contributed by atoms with Crippen molar-refractivity contribution in [2.75, 3.05) is 5.43 Å². The zero-order chi connectivity index (χ0) is 17.5. The van der Waals surface area contributed by atoms with Gasteiger partial charge in [-0.1, -0.05) is 41.9 Å². The highest BCUT2D eigenvalue weighted by Gasteiger charge is 2.11. The summed E-state index contributed by atoms with van der Waals surface area (Å²) in [6, 6.07) is 23.5. The van der Waals surface area contributed by atoms with Crippen LogP contribution in [0.25, 0.3) is 0 Å². The van der Waals surface area contributed by atoms with E-state index in [9.17, 15) is 4.79 Å². The Kier molecular flexibility index (Phi) is 5.44. The summed E-state index contributed by atoms with van der Waals surface area (Å²) < 4.78 is 5.33. The Balaban J connectivity index is 1.60. The molecule has 0 fully saturated rings. The fourth-order valence-corrected chi connectivity index (χ4v) is 2.32. The predicted octanol–water partition coefficient (Wildman–Crippen LogP) is 5.01. The van der Waals surface area contributed by atoms with E-state index in [1.807, 2.05) is 42.5 Å². The van der Waals surface area contributed by atoms with Crippen molar-refractivity contribution in [2.24, 2.45) is 5.10 Å². The van der Waals surface area contributed by atoms with Crippen LogP contribution in [0.15, 0.2) is 84.0 Å². The summed E-state index contributed by atoms with van der Waals surface area (Å²) in [5.41, 5.74) is 5.05. The molecular weight excluding hydrogens is 336 g/mol. The second kappa shape index (κ2) is 8.13. The summed E-state index contributed by atoms with van der Waals surface area (Å²) in [5, 5.41) is 4.53. The van der Waals surface area contributed by atoms with Crippen LogP contribution in [0.3, 0.4) is 0 Å². The van der Waals surface area contributed by atoms with Crippen molar-refractivity contribution in [3.05, 3.63) is 95.0 Å². The number of hydrogen-bond donors (Lipinski definition) is 1. The molecule has 0 aliphatic rings. The highest BCUT2D eigenvalue weighted by Crippen LogP contribution is 2.19. The van der Waals surface area contributed by atoms with E-state index in [-0.39, 0.29) is 0 Å². The molecule has 4 nitrogen and oxygen atoms in total. The molecule has 3 rings (SSSR count). The van der Waals surface area contributed by atoms with Gasteiger partial charge in [-0.05, 0) is 54.1 Å². The Labute approximate surface area is 150 Å². The third kappa shape index (κ3) is 4.68. The summed E-state index contributed by atoms with van der Waals surface area (Å²) in [4.78, 5) is 12.1. The van der Waals surface area contributed by atoms with Crippen LogP contribution in [0.5, 0.6) is 5.75 Å². The van der Waals surface area contributed by atoms with Crippen LogP contribution in [0.4, 0.5) is 5.69 Å². The van der Waals surface area contributed by atoms with Crippen molar-refractivity contribution in [2.45, 2.75) is 0 Å². The molecule has 3 aromatic carbocycles. The van der Waals surface area contributed by atoms with Gasteiger partial charge in [0, 0.05) is 0 Å². The van der Waals surface area contributed by atoms with Crippen LogP contribution in [0, 0.1) is 0 Å². The van der Waals surface area contributed by atoms with Crippen molar-refractivity contribution in [1.82, 2.24) is 0 Å². The molecule has 25 heavy (non-hydrogen) atoms. The Bertz CT molecular complexity index is 878. The number of carbonyl (C=O) groups excluding carboxylic acids is 1. The lowest BCUT2D eigenvalue weighted by molar-refractivity contribution is 0.0735. The largest absolute Gasteiger partial charge is 0.423 e. The summed E-state index contributed by atoms with van der Waals surface area (Å²) in [7, 11) is 0. The number of halogens is 1. The maximum atomic E-state index is 12.1. The van der Waals surface area contributed by atoms with Crippen LogP contribution in [-0.2, 0) is 0 Å². The normalized spacial score (nSPS) is 10.6. The summed E-state index contributed by atoms with van der Waals surface area (Å²) >= 11 is 5.99. The molecule has 0 radical (unpaired) electrons. The quantitative estimate of drug-likeness (QED) is 0.305. The van der Waals surface area contributed by atoms with Crippen molar-refractivity contribution in [3.63, 3.8) is 0 Å². The van der Waals surface area contributed by atoms with Gasteiger partial charge in [0.25, 0.3) is 0 Å². The predicted molar refractivity (Wildman–Crippen MR) is 101 cm³/mol. The van der Waals surface area contributed by atoms with Gasteiger partial charge in [-0.3, -0.25) is 5.43 Å². The van der Waals surface area contributed by atoms with Crippen molar-refractivity contribution in [1.29, 1.82) is 0 Å². The summed E-state index contributed by atoms with van der Waals surface area (Å²) in [6.07, 6.45) is 1.69. The Morgan fingerprint density at radius 3 is 2.32 bits per heavy atom. The van der Waals surface area contributed by atoms with Crippen LogP contribution < -0.4 is 10.2 Å². The fourth-order valence-electron chi connectivity index (χ4n) is 2.10. The first kappa shape index (κ1) is 16.7. The average Bonchev–Trinajstić information content (AvgIpc) is 2.64. The molecule has 124 valence electrons. The number of ether oxygens (including phenoxy) is 1. The molecule has 0 aromatic heterocycles. The number of anilines is 1. The van der Waals surface area contributed by atoms with Gasteiger partial charge in [-0.25, -0.2) is 4.79 Å². The molecule has 0 unspecified atom stereocenters. The second-order valence-corrected chi connectivity index (χ2v) is 5.58. The number of benzene rings is 3. The standard InChI is InChI=1S/C20H15ClN2O2/c21-19-9-5-4-8-18(19)20(24)25-17-12-10-15(11-13-17)14-22-23-16-6-2-1-3-7-16/h1-14,23H/b22-14-. The zero-order valence-corrected chi connectivity index (χ0v) is 14.0. The van der Waals surface area contributed by atoms with E-state index in [1.54, 1.807) is 42.6 Å². The molecule has 0 atom stereocenters. The molecule has 5 heteroatoms. The minimum atomic E-state index is -0.488. The number of hydrazone groups is 1. The Morgan fingerprint density at radius 1 is 0.920 bits per heavy atom. The van der Waals surface area contributed by atoms with Gasteiger partial charge in [0.15, 0.2) is 0 Å². The minimum absolute atomic E-state index is 0.335. The highest BCUT2D eigenvalue weighted by atomic mass is 35.5. The molecule has 0 saturated heterocycles. The molecule has 0 saturated carbocycles. The lowest BCUT2D eigenvalue weighted by Crippen LogP contribution is -2.08. The number of esters is 1. The smallest absolute Gasteiger partial charge is 0.345 e. The van der Waals surface area contributed by atoms with Crippen LogP contribution in [-0.4, -0.2) is 12.2 Å². The van der Waals surface area contributed by atoms with Gasteiger partial charge in [-0.15, -0.1) is 0 Å². The second-order valence-electron chi connectivity index (χ2n) is 5.17. The third-order valence-electron chi connectivity index (χ3n) is 3.37. The number of para-hydroxylation sites is 1. The van der Waals surface area contributed by atoms with Crippen molar-refractivity contribution in [3.8, 4) is 5.75 Å². The van der Waals surface area contributed by atoms with Gasteiger partial charge in [0.2, 0.25) is 0 Å². The van der Waals surface area contributed by atoms with Gasteiger partial charge in [0.1, 0.15) is 5.75 Å². The lowest BCUT2D eigenvalue weighted by atomic mass is 10.2. The third-order valence-corrected chi connectivity index (χ3v) is 3.70. The van der Waals surface area contributed by atoms with Crippen LogP contribution in [0.2, 0.25) is 5.02 Å². The van der Waals surface area contributed by atoms with Crippen molar-refractivity contribution >= 4 is 29.5 Å². The van der Waals surface area contributed by atoms with Gasteiger partial charge in [-0.2, -0.15) is 5.10 Å². The molecule has 0 spiro atoms. The van der Waals surface area contributed by atoms with Gasteiger partial charge < -0.3 is 4.74 Å². The maximum absolute atomic E-state index is 12.1. The van der Waals surface area contributed by atoms with Crippen LogP contribution >= 0.6 is 11.6 Å². The number of carbonyl (C=O) groups is 1. The van der Waals surface area contributed by atoms with Crippen LogP contribution in [0.1, 0.15) is 15.9 Å². The monoisotopic (exact) mass is 350 g/mol. The summed E-state index contributed by atoms with van der Waals surface area (Å²) in [6.45, 7) is 0. The Morgan fingerprint density at radius 2 is 1.60 bits per heavy atom. The fraction of sp³-hybridized carbons (Fsp3) is 0. The molecule has 0 aliphatic heterocycles. The molecule has 0 bridgehead atoms. The summed E-state index contributed by atoms with van der Waals surface area (Å²) in [5.74, 6) is -0.0455. The molecule has 0 aliphatic carbocycles. The van der Waals surface area contributed by atoms with Gasteiger partial charge >= 0.3 is 5.97 Å². The van der Waals surface area contributed by atoms with E-state index in [0.29, 0.717) is 16.3 Å². The first-order chi connectivity index (χ1) is 12.2. The van der Waals surface area contributed by atoms with E-state index in [2.05, 4.69) is 10.5 Å². The highest BCUT2D eigenvalue weighted by molar-refractivity contribution is 6.33. The molecular formula is C20H15ClN2O2. The molecule has 3 aromatic rings. The van der Waals surface area contributed by atoms with Gasteiger partial charge in [0.05, 0.1) is 22.5 Å².